The molecule has 18 heteroatoms. The zero-order valence-corrected chi connectivity index (χ0v) is 27.4. The van der Waals surface area contributed by atoms with Crippen LogP contribution in [0.25, 0.3) is 11.0 Å². The number of hydrogen-bond acceptors (Lipinski definition) is 11. The van der Waals surface area contributed by atoms with E-state index in [1.165, 1.54) is 30.5 Å². The highest BCUT2D eigenvalue weighted by atomic mass is 35.5. The molecule has 3 aromatic rings. The minimum atomic E-state index is -1.81. The van der Waals surface area contributed by atoms with Crippen molar-refractivity contribution >= 4 is 80.3 Å². The van der Waals surface area contributed by atoms with Gasteiger partial charge in [0.25, 0.3) is 11.8 Å². The number of anilines is 1. The summed E-state index contributed by atoms with van der Waals surface area (Å²) in [4.78, 5) is 61.2. The fourth-order valence-corrected chi connectivity index (χ4v) is 7.31. The highest BCUT2D eigenvalue weighted by molar-refractivity contribution is 8.00. The molecule has 0 aromatic carbocycles. The molecule has 0 saturated carbocycles. The average molecular weight is 692 g/mol. The third-order valence-electron chi connectivity index (χ3n) is 7.46. The number of carbonyl (C=O) groups is 4. The third-order valence-corrected chi connectivity index (χ3v) is 9.88. The summed E-state index contributed by atoms with van der Waals surface area (Å²) in [6.45, 7) is 4.41. The Morgan fingerprint density at radius 3 is 2.72 bits per heavy atom. The molecule has 2 unspecified atom stereocenters. The number of hydrogen-bond donors (Lipinski definition) is 5. The fourth-order valence-electron chi connectivity index (χ4n) is 5.05. The molecule has 0 radical (unpaired) electrons. The Balaban J connectivity index is 1.37. The van der Waals surface area contributed by atoms with Crippen LogP contribution >= 0.6 is 34.7 Å². The number of pyridine rings is 1. The van der Waals surface area contributed by atoms with Gasteiger partial charge in [0.1, 0.15) is 32.7 Å². The fraction of sp³-hybridized carbons (Fsp3) is 0.393. The normalized spacial score (nSPS) is 18.4. The number of nitrogens with two attached hydrogens (primary N) is 1. The maximum Gasteiger partial charge on any atom is 0.352 e. The SMILES string of the molecule is CNCCCn1ccc2c1ccc[n+]2CC1=C(C(=O)O)N2C(=O)C(NC(=O)/C(=N\OC(C)(C)C(=O)O)c3nc(N)sc3Cl)C2SC1. The Kier molecular flexibility index (Phi) is 9.57. The number of halogens is 1. The number of carboxylic acid groups (broad SMARTS) is 2. The number of nitrogen functional groups attached to an aromatic ring is 1. The first kappa shape index (κ1) is 33.2. The summed E-state index contributed by atoms with van der Waals surface area (Å²) in [6.07, 6.45) is 4.82. The second-order valence-electron chi connectivity index (χ2n) is 11.0. The average Bonchev–Trinajstić information content (AvgIpc) is 3.57. The van der Waals surface area contributed by atoms with Gasteiger partial charge in [0.05, 0.1) is 0 Å². The van der Waals surface area contributed by atoms with Crippen molar-refractivity contribution in [1.29, 1.82) is 0 Å². The van der Waals surface area contributed by atoms with Crippen LogP contribution in [-0.2, 0) is 37.1 Å². The van der Waals surface area contributed by atoms with E-state index in [1.807, 2.05) is 42.2 Å². The lowest BCUT2D eigenvalue weighted by molar-refractivity contribution is -0.663. The highest BCUT2D eigenvalue weighted by Gasteiger charge is 2.55. The Morgan fingerprint density at radius 1 is 1.30 bits per heavy atom. The molecule has 0 bridgehead atoms. The molecule has 244 valence electrons. The van der Waals surface area contributed by atoms with Gasteiger partial charge in [0.2, 0.25) is 11.1 Å². The van der Waals surface area contributed by atoms with Gasteiger partial charge in [-0.3, -0.25) is 14.5 Å². The Bertz CT molecular complexity index is 1790. The number of aryl methyl sites for hydroxylation is 1. The molecular weight excluding hydrogens is 660 g/mol. The number of nitrogens with zero attached hydrogens (tertiary/aromatic N) is 5. The van der Waals surface area contributed by atoms with Crippen molar-refractivity contribution in [2.75, 3.05) is 25.1 Å². The third kappa shape index (κ3) is 6.40. The number of thiazole rings is 1. The minimum Gasteiger partial charge on any atom is -0.478 e. The van der Waals surface area contributed by atoms with E-state index < -0.39 is 46.5 Å². The quantitative estimate of drug-likeness (QED) is 0.0567. The van der Waals surface area contributed by atoms with Crippen LogP contribution in [0.2, 0.25) is 4.34 Å². The number of carbonyl (C=O) groups excluding carboxylic acids is 2. The topological polar surface area (TPSA) is 205 Å². The van der Waals surface area contributed by atoms with Gasteiger partial charge in [-0.05, 0) is 39.9 Å². The predicted molar refractivity (Wildman–Crippen MR) is 171 cm³/mol. The molecule has 5 heterocycles. The van der Waals surface area contributed by atoms with Crippen LogP contribution in [0, 0.1) is 0 Å². The molecule has 2 atom stereocenters. The van der Waals surface area contributed by atoms with Gasteiger partial charge >= 0.3 is 11.9 Å². The van der Waals surface area contributed by atoms with Gasteiger partial charge in [0, 0.05) is 36.2 Å². The Morgan fingerprint density at radius 2 is 2.07 bits per heavy atom. The first-order valence-corrected chi connectivity index (χ1v) is 16.3. The largest absolute Gasteiger partial charge is 0.478 e. The van der Waals surface area contributed by atoms with Crippen molar-refractivity contribution < 1.29 is 38.8 Å². The van der Waals surface area contributed by atoms with E-state index in [0.29, 0.717) is 11.3 Å². The van der Waals surface area contributed by atoms with Gasteiger partial charge < -0.3 is 36.0 Å². The number of fused-ring (bicyclic) bond motifs is 2. The first-order valence-electron chi connectivity index (χ1n) is 14.1. The summed E-state index contributed by atoms with van der Waals surface area (Å²) in [6, 6.07) is 4.79. The molecular formula is C28H32ClN8O7S2+. The summed E-state index contributed by atoms with van der Waals surface area (Å²) in [7, 11) is 1.91. The van der Waals surface area contributed by atoms with E-state index in [4.69, 9.17) is 22.2 Å². The molecule has 0 spiro atoms. The van der Waals surface area contributed by atoms with Crippen molar-refractivity contribution in [3.8, 4) is 0 Å². The maximum atomic E-state index is 13.4. The number of nitrogens with one attached hydrogen (secondary N) is 2. The number of oxime groups is 1. The number of thioether (sulfide) groups is 1. The number of carboxylic acids is 2. The van der Waals surface area contributed by atoms with Crippen molar-refractivity contribution in [2.24, 2.45) is 5.16 Å². The van der Waals surface area contributed by atoms with E-state index in [9.17, 15) is 29.4 Å². The summed E-state index contributed by atoms with van der Waals surface area (Å²) in [5.74, 6) is -3.87. The zero-order chi connectivity index (χ0) is 33.3. The van der Waals surface area contributed by atoms with Crippen LogP contribution in [0.15, 0.2) is 47.0 Å². The molecule has 5 rings (SSSR count). The summed E-state index contributed by atoms with van der Waals surface area (Å²) >= 11 is 8.39. The molecule has 2 aliphatic rings. The van der Waals surface area contributed by atoms with Crippen LogP contribution in [0.3, 0.4) is 0 Å². The van der Waals surface area contributed by atoms with Gasteiger partial charge in [-0.25, -0.2) is 14.6 Å². The zero-order valence-electron chi connectivity index (χ0n) is 25.0. The summed E-state index contributed by atoms with van der Waals surface area (Å²) in [5, 5.41) is 28.3. The van der Waals surface area contributed by atoms with Crippen LogP contribution in [0.4, 0.5) is 5.13 Å². The smallest absolute Gasteiger partial charge is 0.352 e. The van der Waals surface area contributed by atoms with E-state index in [-0.39, 0.29) is 27.4 Å². The molecule has 1 saturated heterocycles. The minimum absolute atomic E-state index is 0.00157. The highest BCUT2D eigenvalue weighted by Crippen LogP contribution is 2.40. The lowest BCUT2D eigenvalue weighted by Crippen LogP contribution is -2.71. The van der Waals surface area contributed by atoms with Gasteiger partial charge in [-0.15, -0.1) is 11.8 Å². The van der Waals surface area contributed by atoms with Crippen molar-refractivity contribution in [1.82, 2.24) is 25.1 Å². The number of amides is 2. The molecule has 6 N–H and O–H groups in total. The van der Waals surface area contributed by atoms with Crippen molar-refractivity contribution in [2.45, 2.75) is 50.4 Å². The Hall–Kier alpha value is -4.19. The first-order chi connectivity index (χ1) is 21.8. The lowest BCUT2D eigenvalue weighted by Gasteiger charge is -2.49. The van der Waals surface area contributed by atoms with E-state index >= 15 is 0 Å². The molecule has 46 heavy (non-hydrogen) atoms. The second kappa shape index (κ2) is 13.3. The Labute approximate surface area is 276 Å². The number of rotatable bonds is 13. The molecule has 2 aliphatic heterocycles. The molecule has 0 aliphatic carbocycles. The van der Waals surface area contributed by atoms with Crippen LogP contribution < -0.4 is 20.9 Å². The number of aliphatic carboxylic acids is 2. The van der Waals surface area contributed by atoms with Crippen LogP contribution in [0.1, 0.15) is 26.0 Å². The summed E-state index contributed by atoms with van der Waals surface area (Å²) < 4.78 is 4.10. The molecule has 3 aromatic heterocycles. The van der Waals surface area contributed by atoms with Crippen molar-refractivity contribution in [3.05, 3.63) is 51.9 Å². The van der Waals surface area contributed by atoms with Crippen molar-refractivity contribution in [3.63, 3.8) is 0 Å². The molecule has 2 amide bonds. The van der Waals surface area contributed by atoms with Gasteiger partial charge in [0.15, 0.2) is 23.6 Å². The van der Waals surface area contributed by atoms with E-state index in [2.05, 4.69) is 25.3 Å². The molecule has 15 nitrogen and oxygen atoms in total. The number of aromatic nitrogens is 3. The van der Waals surface area contributed by atoms with Crippen LogP contribution in [-0.4, -0.2) is 90.5 Å². The van der Waals surface area contributed by atoms with Gasteiger partial charge in [-0.2, -0.15) is 4.57 Å². The maximum absolute atomic E-state index is 13.4. The van der Waals surface area contributed by atoms with Gasteiger partial charge in [-0.1, -0.05) is 28.1 Å². The summed E-state index contributed by atoms with van der Waals surface area (Å²) in [5.41, 5.74) is 5.63. The standard InChI is InChI=1S/C28H31ClN8O7S2/c1-28(2,26(42)43)44-34-18(17-21(29)46-27(30)33-17)22(38)32-19-23(39)37-20(25(40)41)14(13-45-24(19)37)12-36-9-4-6-15-16(36)7-11-35(15)10-5-8-31-3/h4,6-7,9,11,19,24,31H,5,8,10,12-13H2,1-3H3,(H4-,30,32,33,38,40,41,42,43)/p+1/b34-18-. The van der Waals surface area contributed by atoms with E-state index in [1.54, 1.807) is 0 Å². The monoisotopic (exact) mass is 691 g/mol. The number of β-lactam (4-membered cyclic amide) rings is 1. The van der Waals surface area contributed by atoms with E-state index in [0.717, 1.165) is 41.9 Å². The van der Waals surface area contributed by atoms with Crippen LogP contribution in [0.5, 0.6) is 0 Å². The second-order valence-corrected chi connectivity index (χ2v) is 13.7. The molecule has 1 fully saturated rings. The lowest BCUT2D eigenvalue weighted by atomic mass is 10.0. The predicted octanol–water partition coefficient (Wildman–Crippen LogP) is 1.25.